The molecule has 0 bridgehead atoms. The first-order valence-corrected chi connectivity index (χ1v) is 2.11. The van der Waals surface area contributed by atoms with Gasteiger partial charge in [-0.05, 0) is 9.85 Å². The molecule has 0 aromatic heterocycles. The highest BCUT2D eigenvalue weighted by Gasteiger charge is 1.88. The molecule has 11 heavy (non-hydrogen) atoms. The van der Waals surface area contributed by atoms with Gasteiger partial charge >= 0.3 is 5.96 Å². The second-order valence-corrected chi connectivity index (χ2v) is 1.19. The van der Waals surface area contributed by atoms with Gasteiger partial charge in [-0.25, -0.2) is 0 Å². The second-order valence-electron chi connectivity index (χ2n) is 1.19. The molecule has 0 unspecified atom stereocenters. The number of hydrogen-bond donors (Lipinski definition) is 3. The van der Waals surface area contributed by atoms with Crippen molar-refractivity contribution < 1.29 is 15.3 Å². The first-order valence-electron chi connectivity index (χ1n) is 2.11. The Hall–Kier alpha value is -2.06. The summed E-state index contributed by atoms with van der Waals surface area (Å²) in [5, 5.41) is 22.8. The molecular weight excluding hydrogens is 158 g/mol. The Morgan fingerprint density at radius 2 is 1.45 bits per heavy atom. The average Bonchev–Trinajstić information content (AvgIpc) is 1.56. The van der Waals surface area contributed by atoms with Crippen LogP contribution >= 0.6 is 0 Å². The van der Waals surface area contributed by atoms with Crippen LogP contribution in [0.2, 0.25) is 0 Å². The zero-order chi connectivity index (χ0) is 9.44. The van der Waals surface area contributed by atoms with Crippen LogP contribution < -0.4 is 16.9 Å². The summed E-state index contributed by atoms with van der Waals surface area (Å²) in [5.41, 5.74) is 9.17. The van der Waals surface area contributed by atoms with Crippen molar-refractivity contribution in [3.8, 4) is 0 Å². The largest absolute Gasteiger partial charge is 0.336 e. The molecule has 9 heteroatoms. The summed E-state index contributed by atoms with van der Waals surface area (Å²) >= 11 is 0. The quantitative estimate of drug-likeness (QED) is 0.127. The number of nitro groups is 2. The maximum Gasteiger partial charge on any atom is 0.336 e. The third-order valence-electron chi connectivity index (χ3n) is 0.189. The van der Waals surface area contributed by atoms with Gasteiger partial charge in [0.15, 0.2) is 0 Å². The lowest BCUT2D eigenvalue weighted by molar-refractivity contribution is -0.630. The second kappa shape index (κ2) is 6.07. The fourth-order valence-electron chi connectivity index (χ4n) is 0.0770. The molecular formula is C2H7N5O4. The van der Waals surface area contributed by atoms with Gasteiger partial charge in [0.05, 0.1) is 0 Å². The van der Waals surface area contributed by atoms with E-state index in [1.807, 2.05) is 0 Å². The maximum absolute atomic E-state index is 9.12. The first-order chi connectivity index (χ1) is 4.86. The minimum atomic E-state index is -1.12. The first kappa shape index (κ1) is 11.7. The van der Waals surface area contributed by atoms with Crippen molar-refractivity contribution in [1.29, 1.82) is 0 Å². The summed E-state index contributed by atoms with van der Waals surface area (Å²) in [5.74, 6) is -0.0833. The highest BCUT2D eigenvalue weighted by molar-refractivity contribution is 5.68. The molecule has 9 nitrogen and oxygen atoms in total. The average molecular weight is 165 g/mol. The SMILES string of the molecule is NC(N)=[NH2+].O=[N+]([O-])[CH-][N+](=O)[O-]. The third kappa shape index (κ3) is 74.4. The minimum absolute atomic E-state index is 0.0833. The van der Waals surface area contributed by atoms with Gasteiger partial charge in [-0.3, -0.25) is 37.1 Å². The highest BCUT2D eigenvalue weighted by atomic mass is 16.7. The van der Waals surface area contributed by atoms with E-state index < -0.39 is 9.85 Å². The Bertz CT molecular complexity index is 150. The van der Waals surface area contributed by atoms with Gasteiger partial charge in [0.2, 0.25) is 0 Å². The van der Waals surface area contributed by atoms with E-state index in [1.165, 1.54) is 0 Å². The van der Waals surface area contributed by atoms with Gasteiger partial charge in [-0.15, -0.1) is 0 Å². The molecule has 0 aromatic carbocycles. The normalized spacial score (nSPS) is 6.91. The Balaban J connectivity index is 0. The van der Waals surface area contributed by atoms with Gasteiger partial charge in [-0.1, -0.05) is 0 Å². The van der Waals surface area contributed by atoms with E-state index in [0.717, 1.165) is 0 Å². The number of rotatable bonds is 2. The molecule has 0 saturated carbocycles. The van der Waals surface area contributed by atoms with Crippen LogP contribution in [-0.2, 0) is 0 Å². The van der Waals surface area contributed by atoms with Gasteiger partial charge < -0.3 is 0 Å². The van der Waals surface area contributed by atoms with Crippen molar-refractivity contribution in [3.63, 3.8) is 0 Å². The molecule has 0 aliphatic heterocycles. The van der Waals surface area contributed by atoms with Gasteiger partial charge in [-0.2, -0.15) is 0 Å². The zero-order valence-electron chi connectivity index (χ0n) is 5.34. The lowest BCUT2D eigenvalue weighted by Gasteiger charge is -1.90. The predicted molar refractivity (Wildman–Crippen MR) is 33.6 cm³/mol. The van der Waals surface area contributed by atoms with Gasteiger partial charge in [0.25, 0.3) is 6.67 Å². The van der Waals surface area contributed by atoms with Crippen molar-refractivity contribution in [3.05, 3.63) is 26.9 Å². The smallest absolute Gasteiger partial charge is 0.291 e. The molecule has 0 fully saturated rings. The van der Waals surface area contributed by atoms with Crippen LogP contribution in [0.15, 0.2) is 0 Å². The van der Waals surface area contributed by atoms with E-state index in [0.29, 0.717) is 0 Å². The van der Waals surface area contributed by atoms with Crippen LogP contribution in [0.1, 0.15) is 0 Å². The molecule has 0 aliphatic carbocycles. The summed E-state index contributed by atoms with van der Waals surface area (Å²) in [6.45, 7) is -0.222. The van der Waals surface area contributed by atoms with Crippen LogP contribution in [0.5, 0.6) is 0 Å². The monoisotopic (exact) mass is 165 g/mol. The summed E-state index contributed by atoms with van der Waals surface area (Å²) in [6, 6.07) is 0. The molecule has 0 aromatic rings. The van der Waals surface area contributed by atoms with Gasteiger partial charge in [0, 0.05) is 0 Å². The van der Waals surface area contributed by atoms with E-state index in [1.54, 1.807) is 0 Å². The minimum Gasteiger partial charge on any atom is -0.291 e. The lowest BCUT2D eigenvalue weighted by atomic mass is 11.1. The topological polar surface area (TPSA) is 164 Å². The summed E-state index contributed by atoms with van der Waals surface area (Å²) in [4.78, 5) is 16.0. The van der Waals surface area contributed by atoms with Crippen LogP contribution in [-0.4, -0.2) is 15.8 Å². The van der Waals surface area contributed by atoms with E-state index in [9.17, 15) is 0 Å². The fraction of sp³-hybridized carbons (Fsp3) is 0. The molecule has 0 aliphatic rings. The van der Waals surface area contributed by atoms with Crippen molar-refractivity contribution in [2.45, 2.75) is 0 Å². The molecule has 0 rings (SSSR count). The Morgan fingerprint density at radius 1 is 1.27 bits per heavy atom. The van der Waals surface area contributed by atoms with Crippen molar-refractivity contribution in [1.82, 2.24) is 0 Å². The summed E-state index contributed by atoms with van der Waals surface area (Å²) < 4.78 is 0. The van der Waals surface area contributed by atoms with Crippen molar-refractivity contribution in [2.24, 2.45) is 11.5 Å². The molecule has 64 valence electrons. The lowest BCUT2D eigenvalue weighted by Crippen LogP contribution is -2.51. The number of nitrogens with two attached hydrogens (primary N) is 3. The molecule has 0 atom stereocenters. The predicted octanol–water partition coefficient (Wildman–Crippen LogP) is -3.32. The third-order valence-corrected chi connectivity index (χ3v) is 0.189. The highest BCUT2D eigenvalue weighted by Crippen LogP contribution is 1.75. The maximum atomic E-state index is 9.12. The van der Waals surface area contributed by atoms with E-state index in [2.05, 4.69) is 16.9 Å². The molecule has 0 heterocycles. The van der Waals surface area contributed by atoms with E-state index in [4.69, 9.17) is 20.2 Å². The van der Waals surface area contributed by atoms with Crippen molar-refractivity contribution >= 4 is 5.96 Å². The van der Waals surface area contributed by atoms with Gasteiger partial charge in [0.1, 0.15) is 0 Å². The molecule has 0 saturated heterocycles. The molecule has 6 N–H and O–H groups in total. The van der Waals surface area contributed by atoms with Crippen LogP contribution in [0.25, 0.3) is 0 Å². The Labute approximate surface area is 60.8 Å². The number of guanidine groups is 1. The number of nitrogens with zero attached hydrogens (tertiary/aromatic N) is 2. The zero-order valence-corrected chi connectivity index (χ0v) is 5.34. The number of hydrogen-bond acceptors (Lipinski definition) is 4. The van der Waals surface area contributed by atoms with Crippen LogP contribution in [0.4, 0.5) is 0 Å². The van der Waals surface area contributed by atoms with Crippen LogP contribution in [0, 0.1) is 26.9 Å². The molecule has 0 amide bonds. The molecule has 0 radical (unpaired) electrons. The standard InChI is InChI=1S/CH5N3.CHN2O4/c2-1(3)4;4-2(5)1-3(6)7/h(H5,2,3,4);1H/q;-1/p+1. The van der Waals surface area contributed by atoms with E-state index >= 15 is 0 Å². The Morgan fingerprint density at radius 3 is 1.45 bits per heavy atom. The Kier molecular flexibility index (Phi) is 6.45. The van der Waals surface area contributed by atoms with E-state index in [-0.39, 0.29) is 12.6 Å². The van der Waals surface area contributed by atoms with Crippen LogP contribution in [0.3, 0.4) is 0 Å². The molecule has 0 spiro atoms. The van der Waals surface area contributed by atoms with Crippen molar-refractivity contribution in [2.75, 3.05) is 0 Å². The summed E-state index contributed by atoms with van der Waals surface area (Å²) in [6.07, 6.45) is 0. The summed E-state index contributed by atoms with van der Waals surface area (Å²) in [7, 11) is 0. The fourth-order valence-corrected chi connectivity index (χ4v) is 0.0770.